The molecular weight excluding hydrogens is 370 g/mol. The Hall–Kier alpha value is -3.93. The third kappa shape index (κ3) is 3.25. The van der Waals surface area contributed by atoms with Crippen molar-refractivity contribution in [2.75, 3.05) is 13.9 Å². The topological polar surface area (TPSA) is 73.4 Å². The SMILES string of the molecule is COc1ccc(-c2cc(=Nc3ccc4c(c3)OCO4)c3cc(O)ccc3o2)cc1. The standard InChI is InChI=1S/C23H17NO5/c1-26-17-6-2-14(3-7-17)22-12-19(18-11-16(25)5-9-20(18)29-22)24-15-4-8-21-23(10-15)28-13-27-21/h2-12,25H,13H2,1H3. The zero-order valence-electron chi connectivity index (χ0n) is 15.6. The molecule has 0 amide bonds. The lowest BCUT2D eigenvalue weighted by Gasteiger charge is -2.07. The average Bonchev–Trinajstić information content (AvgIpc) is 3.22. The molecule has 144 valence electrons. The summed E-state index contributed by atoms with van der Waals surface area (Å²) in [5, 5.41) is 11.3. The van der Waals surface area contributed by atoms with Crippen LogP contribution >= 0.6 is 0 Å². The van der Waals surface area contributed by atoms with E-state index in [-0.39, 0.29) is 12.5 Å². The summed E-state index contributed by atoms with van der Waals surface area (Å²) in [7, 11) is 1.63. The number of fused-ring (bicyclic) bond motifs is 2. The van der Waals surface area contributed by atoms with Crippen LogP contribution in [-0.2, 0) is 0 Å². The van der Waals surface area contributed by atoms with Gasteiger partial charge in [0.05, 0.1) is 18.2 Å². The summed E-state index contributed by atoms with van der Waals surface area (Å²) < 4.78 is 22.1. The fraction of sp³-hybridized carbons (Fsp3) is 0.0870. The van der Waals surface area contributed by atoms with Gasteiger partial charge < -0.3 is 23.7 Å². The summed E-state index contributed by atoms with van der Waals surface area (Å²) in [5.74, 6) is 2.94. The first-order chi connectivity index (χ1) is 14.2. The number of phenols is 1. The van der Waals surface area contributed by atoms with Gasteiger partial charge in [0.15, 0.2) is 11.5 Å². The second kappa shape index (κ2) is 6.91. The molecule has 2 heterocycles. The molecule has 1 aromatic heterocycles. The van der Waals surface area contributed by atoms with Crippen LogP contribution in [0.2, 0.25) is 0 Å². The molecule has 1 N–H and O–H groups in total. The highest BCUT2D eigenvalue weighted by atomic mass is 16.7. The van der Waals surface area contributed by atoms with Crippen molar-refractivity contribution in [2.45, 2.75) is 0 Å². The van der Waals surface area contributed by atoms with Gasteiger partial charge in [0.25, 0.3) is 0 Å². The van der Waals surface area contributed by atoms with Crippen molar-refractivity contribution in [3.63, 3.8) is 0 Å². The Morgan fingerprint density at radius 1 is 0.897 bits per heavy atom. The van der Waals surface area contributed by atoms with Gasteiger partial charge in [-0.15, -0.1) is 0 Å². The molecule has 0 atom stereocenters. The van der Waals surface area contributed by atoms with Crippen molar-refractivity contribution >= 4 is 16.7 Å². The minimum atomic E-state index is 0.145. The number of hydrogen-bond acceptors (Lipinski definition) is 6. The number of nitrogens with zero attached hydrogens (tertiary/aromatic N) is 1. The van der Waals surface area contributed by atoms with E-state index in [2.05, 4.69) is 0 Å². The second-order valence-corrected chi connectivity index (χ2v) is 6.55. The predicted molar refractivity (Wildman–Crippen MR) is 108 cm³/mol. The maximum atomic E-state index is 9.96. The quantitative estimate of drug-likeness (QED) is 0.548. The number of hydrogen-bond donors (Lipinski definition) is 1. The smallest absolute Gasteiger partial charge is 0.231 e. The highest BCUT2D eigenvalue weighted by molar-refractivity contribution is 5.80. The molecule has 0 aliphatic carbocycles. The molecule has 0 saturated carbocycles. The normalized spacial score (nSPS) is 13.1. The summed E-state index contributed by atoms with van der Waals surface area (Å²) >= 11 is 0. The lowest BCUT2D eigenvalue weighted by molar-refractivity contribution is 0.174. The molecule has 0 saturated heterocycles. The van der Waals surface area contributed by atoms with Crippen LogP contribution in [0.1, 0.15) is 0 Å². The minimum absolute atomic E-state index is 0.145. The first-order valence-corrected chi connectivity index (χ1v) is 9.05. The van der Waals surface area contributed by atoms with Crippen LogP contribution < -0.4 is 19.6 Å². The van der Waals surface area contributed by atoms with Crippen LogP contribution in [0.15, 0.2) is 76.1 Å². The Balaban J connectivity index is 1.70. The lowest BCUT2D eigenvalue weighted by Crippen LogP contribution is -2.03. The number of phenolic OH excluding ortho intramolecular Hbond substituents is 1. The van der Waals surface area contributed by atoms with Crippen molar-refractivity contribution in [2.24, 2.45) is 4.99 Å². The Morgan fingerprint density at radius 2 is 1.72 bits per heavy atom. The maximum Gasteiger partial charge on any atom is 0.231 e. The Bertz CT molecular complexity index is 1270. The number of aromatic hydroxyl groups is 1. The summed E-state index contributed by atoms with van der Waals surface area (Å²) in [6.45, 7) is 0.210. The molecule has 6 heteroatoms. The Labute approximate surface area is 166 Å². The van der Waals surface area contributed by atoms with Gasteiger partial charge in [-0.25, -0.2) is 4.99 Å². The van der Waals surface area contributed by atoms with E-state index in [0.29, 0.717) is 39.3 Å². The van der Waals surface area contributed by atoms with Gasteiger partial charge in [-0.2, -0.15) is 0 Å². The molecule has 3 aromatic carbocycles. The van der Waals surface area contributed by atoms with Crippen molar-refractivity contribution in [1.82, 2.24) is 0 Å². The second-order valence-electron chi connectivity index (χ2n) is 6.55. The van der Waals surface area contributed by atoms with E-state index in [1.165, 1.54) is 0 Å². The van der Waals surface area contributed by atoms with Crippen molar-refractivity contribution < 1.29 is 23.7 Å². The minimum Gasteiger partial charge on any atom is -0.508 e. The highest BCUT2D eigenvalue weighted by Gasteiger charge is 2.13. The van der Waals surface area contributed by atoms with Crippen molar-refractivity contribution in [3.8, 4) is 34.3 Å². The molecular formula is C23H17NO5. The van der Waals surface area contributed by atoms with E-state index in [4.69, 9.17) is 23.6 Å². The maximum absolute atomic E-state index is 9.96. The zero-order chi connectivity index (χ0) is 19.8. The van der Waals surface area contributed by atoms with E-state index in [0.717, 1.165) is 11.3 Å². The zero-order valence-corrected chi connectivity index (χ0v) is 15.6. The molecule has 0 unspecified atom stereocenters. The number of ether oxygens (including phenoxy) is 3. The van der Waals surface area contributed by atoms with Crippen molar-refractivity contribution in [3.05, 3.63) is 72.1 Å². The van der Waals surface area contributed by atoms with Gasteiger partial charge in [-0.3, -0.25) is 0 Å². The molecule has 4 aromatic rings. The van der Waals surface area contributed by atoms with E-state index in [9.17, 15) is 5.11 Å². The van der Waals surface area contributed by atoms with Gasteiger partial charge in [0.2, 0.25) is 6.79 Å². The van der Waals surface area contributed by atoms with Crippen LogP contribution in [0.4, 0.5) is 5.69 Å². The Morgan fingerprint density at radius 3 is 2.55 bits per heavy atom. The Kier molecular flexibility index (Phi) is 4.09. The first-order valence-electron chi connectivity index (χ1n) is 9.05. The van der Waals surface area contributed by atoms with E-state index in [1.807, 2.05) is 48.5 Å². The molecule has 6 nitrogen and oxygen atoms in total. The summed E-state index contributed by atoms with van der Waals surface area (Å²) in [4.78, 5) is 4.78. The molecule has 1 aliphatic rings. The largest absolute Gasteiger partial charge is 0.508 e. The van der Waals surface area contributed by atoms with Gasteiger partial charge in [-0.05, 0) is 54.6 Å². The predicted octanol–water partition coefficient (Wildman–Crippen LogP) is 4.78. The average molecular weight is 387 g/mol. The third-order valence-electron chi connectivity index (χ3n) is 4.71. The fourth-order valence-corrected chi connectivity index (χ4v) is 3.24. The van der Waals surface area contributed by atoms with Crippen LogP contribution in [0, 0.1) is 0 Å². The summed E-state index contributed by atoms with van der Waals surface area (Å²) in [6.07, 6.45) is 0. The van der Waals surface area contributed by atoms with Crippen LogP contribution in [0.5, 0.6) is 23.0 Å². The first kappa shape index (κ1) is 17.2. The molecule has 0 fully saturated rings. The molecule has 0 radical (unpaired) electrons. The van der Waals surface area contributed by atoms with E-state index in [1.54, 1.807) is 25.3 Å². The van der Waals surface area contributed by atoms with Gasteiger partial charge in [-0.1, -0.05) is 0 Å². The van der Waals surface area contributed by atoms with Crippen LogP contribution in [0.25, 0.3) is 22.3 Å². The summed E-state index contributed by atoms with van der Waals surface area (Å²) in [6, 6.07) is 19.9. The van der Waals surface area contributed by atoms with Crippen LogP contribution in [-0.4, -0.2) is 19.0 Å². The molecule has 0 bridgehead atoms. The molecule has 29 heavy (non-hydrogen) atoms. The van der Waals surface area contributed by atoms with E-state index >= 15 is 0 Å². The van der Waals surface area contributed by atoms with E-state index < -0.39 is 0 Å². The fourth-order valence-electron chi connectivity index (χ4n) is 3.24. The molecule has 1 aliphatic heterocycles. The van der Waals surface area contributed by atoms with Gasteiger partial charge in [0, 0.05) is 23.1 Å². The number of benzene rings is 3. The molecule has 0 spiro atoms. The van der Waals surface area contributed by atoms with Crippen molar-refractivity contribution in [1.29, 1.82) is 0 Å². The lowest BCUT2D eigenvalue weighted by atomic mass is 10.1. The van der Waals surface area contributed by atoms with Crippen LogP contribution in [0.3, 0.4) is 0 Å². The monoisotopic (exact) mass is 387 g/mol. The number of rotatable bonds is 3. The van der Waals surface area contributed by atoms with Gasteiger partial charge in [0.1, 0.15) is 22.8 Å². The number of methoxy groups -OCH3 is 1. The third-order valence-corrected chi connectivity index (χ3v) is 4.71. The van der Waals surface area contributed by atoms with Gasteiger partial charge >= 0.3 is 0 Å². The highest BCUT2D eigenvalue weighted by Crippen LogP contribution is 2.35. The summed E-state index contributed by atoms with van der Waals surface area (Å²) in [5.41, 5.74) is 2.23. The molecule has 5 rings (SSSR count).